The number of rotatable bonds is 5. The summed E-state index contributed by atoms with van der Waals surface area (Å²) in [6.45, 7) is 3.83. The van der Waals surface area contributed by atoms with Gasteiger partial charge in [-0.1, -0.05) is 24.3 Å². The van der Waals surface area contributed by atoms with Crippen molar-refractivity contribution < 1.29 is 14.4 Å². The molecule has 0 bridgehead atoms. The maximum Gasteiger partial charge on any atom is 0.257 e. The SMILES string of the molecule is CC12CCC(=O)N1c1ccccc1C(=O)N2CCCC(=O)N1CCCC(c2nc3ccccc3[nH]2)C1. The number of nitrogens with one attached hydrogen (secondary N) is 1. The van der Waals surface area contributed by atoms with E-state index in [1.807, 2.05) is 54.3 Å². The molecule has 2 aromatic carbocycles. The monoisotopic (exact) mass is 485 g/mol. The van der Waals surface area contributed by atoms with Crippen LogP contribution in [-0.4, -0.2) is 62.8 Å². The maximum atomic E-state index is 13.4. The zero-order valence-electron chi connectivity index (χ0n) is 20.6. The van der Waals surface area contributed by atoms with Crippen LogP contribution in [0.5, 0.6) is 0 Å². The van der Waals surface area contributed by atoms with E-state index in [0.29, 0.717) is 50.0 Å². The highest BCUT2D eigenvalue weighted by atomic mass is 16.2. The number of hydrogen-bond acceptors (Lipinski definition) is 4. The molecule has 2 unspecified atom stereocenters. The van der Waals surface area contributed by atoms with Gasteiger partial charge in [0.05, 0.1) is 22.3 Å². The first-order valence-corrected chi connectivity index (χ1v) is 12.9. The molecular formula is C28H31N5O3. The van der Waals surface area contributed by atoms with Gasteiger partial charge in [0.25, 0.3) is 5.91 Å². The Morgan fingerprint density at radius 1 is 1.14 bits per heavy atom. The van der Waals surface area contributed by atoms with Crippen molar-refractivity contribution in [2.75, 3.05) is 24.5 Å². The minimum absolute atomic E-state index is 0.0449. The van der Waals surface area contributed by atoms with E-state index in [4.69, 9.17) is 4.98 Å². The van der Waals surface area contributed by atoms with Crippen LogP contribution >= 0.6 is 0 Å². The normalized spacial score (nSPS) is 23.8. The first kappa shape index (κ1) is 22.8. The summed E-state index contributed by atoms with van der Waals surface area (Å²) in [5.41, 5.74) is 2.56. The van der Waals surface area contributed by atoms with Gasteiger partial charge in [-0.25, -0.2) is 4.98 Å². The zero-order valence-corrected chi connectivity index (χ0v) is 20.6. The lowest BCUT2D eigenvalue weighted by Crippen LogP contribution is -2.62. The molecule has 1 aromatic heterocycles. The number of para-hydroxylation sites is 3. The van der Waals surface area contributed by atoms with Crippen molar-refractivity contribution in [2.24, 2.45) is 0 Å². The predicted octanol–water partition coefficient (Wildman–Crippen LogP) is 4.05. The zero-order chi connectivity index (χ0) is 24.9. The number of likely N-dealkylation sites (tertiary alicyclic amines) is 1. The van der Waals surface area contributed by atoms with E-state index in [-0.39, 0.29) is 23.6 Å². The number of benzene rings is 2. The Morgan fingerprint density at radius 3 is 2.81 bits per heavy atom. The Morgan fingerprint density at radius 2 is 1.94 bits per heavy atom. The van der Waals surface area contributed by atoms with Crippen LogP contribution in [0.4, 0.5) is 5.69 Å². The number of amides is 3. The molecule has 3 aliphatic heterocycles. The molecule has 2 saturated heterocycles. The van der Waals surface area contributed by atoms with E-state index in [1.165, 1.54) is 0 Å². The molecule has 8 nitrogen and oxygen atoms in total. The van der Waals surface area contributed by atoms with Crippen LogP contribution in [0.3, 0.4) is 0 Å². The molecule has 0 saturated carbocycles. The van der Waals surface area contributed by atoms with Gasteiger partial charge in [0.2, 0.25) is 11.8 Å². The van der Waals surface area contributed by atoms with Gasteiger partial charge in [0.1, 0.15) is 11.5 Å². The molecule has 8 heteroatoms. The second-order valence-electron chi connectivity index (χ2n) is 10.3. The Balaban J connectivity index is 1.12. The minimum Gasteiger partial charge on any atom is -0.342 e. The topological polar surface area (TPSA) is 89.6 Å². The number of H-pyrrole nitrogens is 1. The highest BCUT2D eigenvalue weighted by molar-refractivity contribution is 6.10. The minimum atomic E-state index is -0.678. The van der Waals surface area contributed by atoms with Crippen molar-refractivity contribution in [3.05, 3.63) is 59.9 Å². The standard InChI is InChI=1S/C28H31N5O3/c1-28-15-14-25(35)33(28)23-12-5-2-9-20(23)27(36)32(28)17-7-13-24(34)31-16-6-8-19(18-31)26-29-21-10-3-4-11-22(21)30-26/h2-5,9-12,19H,6-8,13-18H2,1H3,(H,29,30). The van der Waals surface area contributed by atoms with Gasteiger partial charge in [0, 0.05) is 38.4 Å². The fraction of sp³-hybridized carbons (Fsp3) is 0.429. The Labute approximate surface area is 210 Å². The number of imidazole rings is 1. The maximum absolute atomic E-state index is 13.4. The molecule has 1 N–H and O–H groups in total. The van der Waals surface area contributed by atoms with E-state index < -0.39 is 5.66 Å². The number of nitrogens with zero attached hydrogens (tertiary/aromatic N) is 4. The summed E-state index contributed by atoms with van der Waals surface area (Å²) in [4.78, 5) is 53.0. The van der Waals surface area contributed by atoms with Crippen LogP contribution in [0.15, 0.2) is 48.5 Å². The summed E-state index contributed by atoms with van der Waals surface area (Å²) >= 11 is 0. The highest BCUT2D eigenvalue weighted by Gasteiger charge is 2.52. The summed E-state index contributed by atoms with van der Waals surface area (Å²) in [5.74, 6) is 1.25. The van der Waals surface area contributed by atoms with Gasteiger partial charge in [-0.3, -0.25) is 19.3 Å². The van der Waals surface area contributed by atoms with E-state index in [9.17, 15) is 14.4 Å². The molecular weight excluding hydrogens is 454 g/mol. The molecule has 186 valence electrons. The molecule has 36 heavy (non-hydrogen) atoms. The van der Waals surface area contributed by atoms with E-state index >= 15 is 0 Å². The van der Waals surface area contributed by atoms with Crippen molar-refractivity contribution in [2.45, 2.75) is 57.0 Å². The van der Waals surface area contributed by atoms with Gasteiger partial charge in [-0.2, -0.15) is 0 Å². The Kier molecular flexibility index (Phi) is 5.54. The van der Waals surface area contributed by atoms with Crippen LogP contribution in [0.25, 0.3) is 11.0 Å². The molecule has 3 amide bonds. The smallest absolute Gasteiger partial charge is 0.257 e. The van der Waals surface area contributed by atoms with E-state index in [2.05, 4.69) is 4.98 Å². The fourth-order valence-corrected chi connectivity index (χ4v) is 6.18. The van der Waals surface area contributed by atoms with Gasteiger partial charge in [-0.05, 0) is 56.9 Å². The lowest BCUT2D eigenvalue weighted by atomic mass is 9.96. The van der Waals surface area contributed by atoms with Gasteiger partial charge >= 0.3 is 0 Å². The van der Waals surface area contributed by atoms with Gasteiger partial charge in [0.15, 0.2) is 0 Å². The molecule has 0 spiro atoms. The first-order chi connectivity index (χ1) is 17.5. The lowest BCUT2D eigenvalue weighted by molar-refractivity contribution is -0.132. The third kappa shape index (κ3) is 3.67. The molecule has 6 rings (SSSR count). The summed E-state index contributed by atoms with van der Waals surface area (Å²) < 4.78 is 0. The highest BCUT2D eigenvalue weighted by Crippen LogP contribution is 2.44. The predicted molar refractivity (Wildman–Crippen MR) is 136 cm³/mol. The number of fused-ring (bicyclic) bond motifs is 4. The van der Waals surface area contributed by atoms with Gasteiger partial charge in [-0.15, -0.1) is 0 Å². The van der Waals surface area contributed by atoms with Crippen molar-refractivity contribution in [1.29, 1.82) is 0 Å². The van der Waals surface area contributed by atoms with E-state index in [1.54, 1.807) is 15.9 Å². The van der Waals surface area contributed by atoms with Crippen molar-refractivity contribution in [3.8, 4) is 0 Å². The van der Waals surface area contributed by atoms with E-state index in [0.717, 1.165) is 36.2 Å². The number of carbonyl (C=O) groups is 3. The summed E-state index contributed by atoms with van der Waals surface area (Å²) in [6.07, 6.45) is 3.92. The van der Waals surface area contributed by atoms with Crippen molar-refractivity contribution >= 4 is 34.4 Å². The number of hydrogen-bond donors (Lipinski definition) is 1. The molecule has 3 aromatic rings. The fourth-order valence-electron chi connectivity index (χ4n) is 6.18. The molecule has 0 aliphatic carbocycles. The quantitative estimate of drug-likeness (QED) is 0.591. The third-order valence-corrected chi connectivity index (χ3v) is 8.09. The van der Waals surface area contributed by atoms with Gasteiger partial charge < -0.3 is 14.8 Å². The van der Waals surface area contributed by atoms with Crippen LogP contribution in [0, 0.1) is 0 Å². The molecule has 2 fully saturated rings. The average molecular weight is 486 g/mol. The molecule has 2 atom stereocenters. The van der Waals surface area contributed by atoms with Crippen LogP contribution in [-0.2, 0) is 9.59 Å². The average Bonchev–Trinajstić information content (AvgIpc) is 3.47. The van der Waals surface area contributed by atoms with Crippen molar-refractivity contribution in [1.82, 2.24) is 19.8 Å². The lowest BCUT2D eigenvalue weighted by Gasteiger charge is -2.48. The number of anilines is 1. The Hall–Kier alpha value is -3.68. The summed E-state index contributed by atoms with van der Waals surface area (Å²) in [5, 5.41) is 0. The number of aromatic amines is 1. The van der Waals surface area contributed by atoms with Crippen LogP contribution in [0.1, 0.15) is 67.5 Å². The summed E-state index contributed by atoms with van der Waals surface area (Å²) in [6, 6.07) is 15.3. The number of carbonyl (C=O) groups excluding carboxylic acids is 3. The molecule has 3 aliphatic rings. The second-order valence-corrected chi connectivity index (χ2v) is 10.3. The molecule has 0 radical (unpaired) electrons. The number of aromatic nitrogens is 2. The number of piperidine rings is 1. The second kappa shape index (κ2) is 8.76. The first-order valence-electron chi connectivity index (χ1n) is 12.9. The van der Waals surface area contributed by atoms with Crippen LogP contribution in [0.2, 0.25) is 0 Å². The Bertz CT molecular complexity index is 1320. The summed E-state index contributed by atoms with van der Waals surface area (Å²) in [7, 11) is 0. The third-order valence-electron chi connectivity index (χ3n) is 8.09. The largest absolute Gasteiger partial charge is 0.342 e. The van der Waals surface area contributed by atoms with Crippen molar-refractivity contribution in [3.63, 3.8) is 0 Å². The van der Waals surface area contributed by atoms with Crippen LogP contribution < -0.4 is 4.90 Å². The molecule has 4 heterocycles.